The first-order valence-electron chi connectivity index (χ1n) is 6.46. The van der Waals surface area contributed by atoms with Crippen molar-refractivity contribution in [2.24, 2.45) is 5.73 Å². The molecule has 0 bridgehead atoms. The van der Waals surface area contributed by atoms with Crippen molar-refractivity contribution in [3.8, 4) is 11.4 Å². The molecular formula is C14H16N4O3S. The lowest BCUT2D eigenvalue weighted by Gasteiger charge is -2.12. The van der Waals surface area contributed by atoms with E-state index in [0.717, 1.165) is 11.4 Å². The van der Waals surface area contributed by atoms with Crippen LogP contribution in [-0.4, -0.2) is 33.8 Å². The Morgan fingerprint density at radius 3 is 2.64 bits per heavy atom. The lowest BCUT2D eigenvalue weighted by atomic mass is 10.3. The van der Waals surface area contributed by atoms with Gasteiger partial charge in [0.15, 0.2) is 5.16 Å². The normalized spacial score (nSPS) is 11.7. The number of carbonyl (C=O) groups is 2. The van der Waals surface area contributed by atoms with Crippen LogP contribution in [0.2, 0.25) is 0 Å². The number of nitrogens with zero attached hydrogens (tertiary/aromatic N) is 2. The van der Waals surface area contributed by atoms with Gasteiger partial charge in [-0.2, -0.15) is 0 Å². The third kappa shape index (κ3) is 3.79. The molecule has 1 aromatic carbocycles. The van der Waals surface area contributed by atoms with Gasteiger partial charge in [-0.1, -0.05) is 11.8 Å². The number of carbonyl (C=O) groups excluding carboxylic acids is 2. The zero-order chi connectivity index (χ0) is 16.1. The van der Waals surface area contributed by atoms with Gasteiger partial charge >= 0.3 is 6.03 Å². The fraction of sp³-hybridized carbons (Fsp3) is 0.214. The molecule has 0 fully saturated rings. The van der Waals surface area contributed by atoms with Crippen molar-refractivity contribution in [1.29, 1.82) is 0 Å². The molecule has 0 radical (unpaired) electrons. The summed E-state index contributed by atoms with van der Waals surface area (Å²) >= 11 is 1.23. The van der Waals surface area contributed by atoms with Crippen molar-refractivity contribution in [3.05, 3.63) is 36.7 Å². The highest BCUT2D eigenvalue weighted by Gasteiger charge is 2.18. The Morgan fingerprint density at radius 2 is 2.05 bits per heavy atom. The zero-order valence-corrected chi connectivity index (χ0v) is 13.0. The number of methoxy groups -OCH3 is 1. The number of benzene rings is 1. The van der Waals surface area contributed by atoms with Gasteiger partial charge in [-0.3, -0.25) is 14.7 Å². The van der Waals surface area contributed by atoms with Crippen LogP contribution >= 0.6 is 11.8 Å². The first-order chi connectivity index (χ1) is 10.5. The van der Waals surface area contributed by atoms with E-state index >= 15 is 0 Å². The van der Waals surface area contributed by atoms with Gasteiger partial charge < -0.3 is 10.5 Å². The highest BCUT2D eigenvalue weighted by molar-refractivity contribution is 8.00. The summed E-state index contributed by atoms with van der Waals surface area (Å²) in [5, 5.41) is 2.18. The lowest BCUT2D eigenvalue weighted by Crippen LogP contribution is -2.39. The molecule has 2 aromatic rings. The number of hydrogen-bond acceptors (Lipinski definition) is 5. The summed E-state index contributed by atoms with van der Waals surface area (Å²) in [7, 11) is 1.60. The first kappa shape index (κ1) is 15.9. The summed E-state index contributed by atoms with van der Waals surface area (Å²) in [5.74, 6) is 0.300. The van der Waals surface area contributed by atoms with Crippen LogP contribution < -0.4 is 15.8 Å². The number of primary amides is 1. The Balaban J connectivity index is 2.15. The molecule has 116 valence electrons. The van der Waals surface area contributed by atoms with Crippen LogP contribution in [0.25, 0.3) is 5.69 Å². The Labute approximate surface area is 131 Å². The molecule has 1 atom stereocenters. The monoisotopic (exact) mass is 320 g/mol. The van der Waals surface area contributed by atoms with Gasteiger partial charge in [0.05, 0.1) is 12.4 Å². The minimum Gasteiger partial charge on any atom is -0.497 e. The van der Waals surface area contributed by atoms with Crippen molar-refractivity contribution >= 4 is 23.7 Å². The molecule has 0 unspecified atom stereocenters. The molecule has 0 saturated heterocycles. The van der Waals surface area contributed by atoms with E-state index in [1.165, 1.54) is 11.8 Å². The van der Waals surface area contributed by atoms with Gasteiger partial charge in [0.25, 0.3) is 0 Å². The van der Waals surface area contributed by atoms with Gasteiger partial charge in [-0.25, -0.2) is 9.78 Å². The Kier molecular flexibility index (Phi) is 5.05. The van der Waals surface area contributed by atoms with Crippen LogP contribution in [0.15, 0.2) is 41.8 Å². The van der Waals surface area contributed by atoms with Gasteiger partial charge in [-0.05, 0) is 31.2 Å². The Bertz CT molecular complexity index is 669. The maximum absolute atomic E-state index is 11.7. The molecule has 0 aliphatic heterocycles. The van der Waals surface area contributed by atoms with Crippen LogP contribution in [-0.2, 0) is 4.79 Å². The van der Waals surface area contributed by atoms with E-state index in [-0.39, 0.29) is 0 Å². The number of nitrogens with one attached hydrogen (secondary N) is 1. The number of thioether (sulfide) groups is 1. The molecule has 0 aliphatic rings. The average Bonchev–Trinajstić information content (AvgIpc) is 2.94. The molecule has 3 amide bonds. The number of amides is 3. The van der Waals surface area contributed by atoms with Gasteiger partial charge in [-0.15, -0.1) is 0 Å². The van der Waals surface area contributed by atoms with Crippen LogP contribution in [0.4, 0.5) is 4.79 Å². The fourth-order valence-electron chi connectivity index (χ4n) is 1.75. The topological polar surface area (TPSA) is 99.2 Å². The van der Waals surface area contributed by atoms with E-state index in [1.54, 1.807) is 26.4 Å². The van der Waals surface area contributed by atoms with E-state index in [9.17, 15) is 9.59 Å². The summed E-state index contributed by atoms with van der Waals surface area (Å²) in [6, 6.07) is 6.59. The lowest BCUT2D eigenvalue weighted by molar-refractivity contribution is -0.119. The van der Waals surface area contributed by atoms with E-state index in [4.69, 9.17) is 10.5 Å². The molecule has 2 rings (SSSR count). The predicted molar refractivity (Wildman–Crippen MR) is 83.2 cm³/mol. The second kappa shape index (κ2) is 6.99. The Hall–Kier alpha value is -2.48. The van der Waals surface area contributed by atoms with Crippen LogP contribution in [0.1, 0.15) is 6.92 Å². The second-order valence-corrected chi connectivity index (χ2v) is 5.70. The molecule has 1 aromatic heterocycles. The quantitative estimate of drug-likeness (QED) is 0.814. The van der Waals surface area contributed by atoms with E-state index in [2.05, 4.69) is 10.3 Å². The maximum atomic E-state index is 11.7. The van der Waals surface area contributed by atoms with Gasteiger partial charge in [0.2, 0.25) is 5.91 Å². The molecule has 0 saturated carbocycles. The highest BCUT2D eigenvalue weighted by atomic mass is 32.2. The molecule has 7 nitrogen and oxygen atoms in total. The minimum atomic E-state index is -0.865. The highest BCUT2D eigenvalue weighted by Crippen LogP contribution is 2.25. The average molecular weight is 320 g/mol. The predicted octanol–water partition coefficient (Wildman–Crippen LogP) is 1.56. The maximum Gasteiger partial charge on any atom is 0.318 e. The summed E-state index contributed by atoms with van der Waals surface area (Å²) in [5.41, 5.74) is 5.83. The third-order valence-electron chi connectivity index (χ3n) is 2.86. The van der Waals surface area contributed by atoms with E-state index in [1.807, 2.05) is 28.8 Å². The molecular weight excluding hydrogens is 304 g/mol. The fourth-order valence-corrected chi connectivity index (χ4v) is 2.63. The summed E-state index contributed by atoms with van der Waals surface area (Å²) in [6.07, 6.45) is 3.44. The van der Waals surface area contributed by atoms with Crippen LogP contribution in [0.3, 0.4) is 0 Å². The summed E-state index contributed by atoms with van der Waals surface area (Å²) in [6.45, 7) is 1.68. The number of hydrogen-bond donors (Lipinski definition) is 2. The molecule has 8 heteroatoms. The van der Waals surface area contributed by atoms with Crippen molar-refractivity contribution in [2.75, 3.05) is 7.11 Å². The molecule has 3 N–H and O–H groups in total. The molecule has 0 spiro atoms. The number of rotatable bonds is 5. The summed E-state index contributed by atoms with van der Waals surface area (Å²) in [4.78, 5) is 26.7. The molecule has 0 aliphatic carbocycles. The van der Waals surface area contributed by atoms with E-state index in [0.29, 0.717) is 5.16 Å². The first-order valence-corrected chi connectivity index (χ1v) is 7.34. The smallest absolute Gasteiger partial charge is 0.318 e. The molecule has 22 heavy (non-hydrogen) atoms. The minimum absolute atomic E-state index is 0.457. The van der Waals surface area contributed by atoms with Crippen molar-refractivity contribution in [2.45, 2.75) is 17.3 Å². The SMILES string of the molecule is COc1ccc(-n2ccnc2S[C@@H](C)C(=O)NC(N)=O)cc1. The third-order valence-corrected chi connectivity index (χ3v) is 3.94. The Morgan fingerprint density at radius 1 is 1.36 bits per heavy atom. The zero-order valence-electron chi connectivity index (χ0n) is 12.1. The standard InChI is InChI=1S/C14H16N4O3S/c1-9(12(19)17-13(15)20)22-14-16-7-8-18(14)10-3-5-11(21-2)6-4-10/h3-9H,1-2H3,(H3,15,17,19,20)/t9-/m0/s1. The number of ether oxygens (including phenoxy) is 1. The molecule has 1 heterocycles. The largest absolute Gasteiger partial charge is 0.497 e. The number of imide groups is 1. The number of urea groups is 1. The number of aromatic nitrogens is 2. The van der Waals surface area contributed by atoms with Crippen molar-refractivity contribution in [1.82, 2.24) is 14.9 Å². The van der Waals surface area contributed by atoms with Crippen molar-refractivity contribution < 1.29 is 14.3 Å². The number of nitrogens with two attached hydrogens (primary N) is 1. The van der Waals surface area contributed by atoms with E-state index < -0.39 is 17.2 Å². The van der Waals surface area contributed by atoms with Crippen LogP contribution in [0.5, 0.6) is 5.75 Å². The number of imidazole rings is 1. The van der Waals surface area contributed by atoms with Crippen molar-refractivity contribution in [3.63, 3.8) is 0 Å². The second-order valence-electron chi connectivity index (χ2n) is 4.39. The van der Waals surface area contributed by atoms with Crippen LogP contribution in [0, 0.1) is 0 Å². The summed E-state index contributed by atoms with van der Waals surface area (Å²) < 4.78 is 6.97. The van der Waals surface area contributed by atoms with Gasteiger partial charge in [0.1, 0.15) is 5.75 Å². The van der Waals surface area contributed by atoms with Gasteiger partial charge in [0, 0.05) is 18.1 Å².